The topological polar surface area (TPSA) is 17.8 Å². The van der Waals surface area contributed by atoms with Crippen LogP contribution < -0.4 is 0 Å². The molecule has 1 heterocycles. The third kappa shape index (κ3) is 1.90. The number of benzene rings is 2. The van der Waals surface area contributed by atoms with Crippen LogP contribution in [0.15, 0.2) is 79.4 Å². The Bertz CT molecular complexity index is 658. The van der Waals surface area contributed by atoms with Crippen LogP contribution in [0.5, 0.6) is 0 Å². The summed E-state index contributed by atoms with van der Waals surface area (Å²) in [5, 5.41) is 0. The quantitative estimate of drug-likeness (QED) is 0.701. The van der Waals surface area contributed by atoms with Gasteiger partial charge in [-0.3, -0.25) is 0 Å². The van der Waals surface area contributed by atoms with Crippen molar-refractivity contribution in [2.75, 3.05) is 0 Å². The number of aromatic nitrogens is 2. The zero-order valence-corrected chi connectivity index (χ0v) is 11.9. The van der Waals surface area contributed by atoms with Crippen LogP contribution in [0.3, 0.4) is 0 Å². The van der Waals surface area contributed by atoms with Gasteiger partial charge in [-0.1, -0.05) is 60.7 Å². The zero-order valence-electron chi connectivity index (χ0n) is 11.9. The van der Waals surface area contributed by atoms with Crippen molar-refractivity contribution in [3.8, 4) is 0 Å². The third-order valence-electron chi connectivity index (χ3n) is 4.51. The molecule has 1 saturated carbocycles. The minimum Gasteiger partial charge on any atom is -0.323 e. The minimum atomic E-state index is -0.126. The maximum absolute atomic E-state index is 4.31. The van der Waals surface area contributed by atoms with Crippen LogP contribution in [0, 0.1) is 5.92 Å². The first kappa shape index (κ1) is 12.4. The largest absolute Gasteiger partial charge is 0.323 e. The van der Waals surface area contributed by atoms with E-state index in [4.69, 9.17) is 0 Å². The summed E-state index contributed by atoms with van der Waals surface area (Å²) in [6.45, 7) is 0. The fourth-order valence-electron chi connectivity index (χ4n) is 3.50. The average Bonchev–Trinajstić information content (AvgIpc) is 3.25. The molecule has 104 valence electrons. The van der Waals surface area contributed by atoms with Gasteiger partial charge in [-0.15, -0.1) is 0 Å². The molecule has 0 spiro atoms. The Kier molecular flexibility index (Phi) is 2.88. The molecule has 0 atom stereocenters. The summed E-state index contributed by atoms with van der Waals surface area (Å²) in [6, 6.07) is 21.7. The molecule has 0 aliphatic heterocycles. The Hall–Kier alpha value is -2.35. The first-order chi connectivity index (χ1) is 10.4. The molecule has 0 bridgehead atoms. The fourth-order valence-corrected chi connectivity index (χ4v) is 3.50. The fraction of sp³-hybridized carbons (Fsp3) is 0.211. The van der Waals surface area contributed by atoms with Crippen molar-refractivity contribution in [3.05, 3.63) is 90.5 Å². The predicted molar refractivity (Wildman–Crippen MR) is 84.0 cm³/mol. The van der Waals surface area contributed by atoms with Gasteiger partial charge in [-0.2, -0.15) is 0 Å². The zero-order chi connectivity index (χ0) is 14.1. The lowest BCUT2D eigenvalue weighted by molar-refractivity contribution is 0.374. The minimum absolute atomic E-state index is 0.126. The standard InChI is InChI=1S/C19H18N2/c1-3-7-16(8-4-1)19(18-11-12-18,21-14-13-20-15-21)17-9-5-2-6-10-17/h1-10,13-15,18H,11-12H2. The average molecular weight is 274 g/mol. The summed E-state index contributed by atoms with van der Waals surface area (Å²) in [4.78, 5) is 4.31. The van der Waals surface area contributed by atoms with Crippen LogP contribution in [0.25, 0.3) is 0 Å². The van der Waals surface area contributed by atoms with Crippen molar-refractivity contribution in [2.24, 2.45) is 5.92 Å². The first-order valence-corrected chi connectivity index (χ1v) is 7.52. The molecule has 21 heavy (non-hydrogen) atoms. The summed E-state index contributed by atoms with van der Waals surface area (Å²) in [5.41, 5.74) is 2.56. The van der Waals surface area contributed by atoms with E-state index in [0.717, 1.165) is 0 Å². The molecule has 4 rings (SSSR count). The van der Waals surface area contributed by atoms with E-state index in [1.54, 1.807) is 0 Å². The maximum Gasteiger partial charge on any atom is 0.0986 e. The van der Waals surface area contributed by atoms with E-state index >= 15 is 0 Å². The molecule has 0 amide bonds. The van der Waals surface area contributed by atoms with Gasteiger partial charge in [-0.25, -0.2) is 4.98 Å². The van der Waals surface area contributed by atoms with Crippen LogP contribution in [0.2, 0.25) is 0 Å². The van der Waals surface area contributed by atoms with Crippen molar-refractivity contribution < 1.29 is 0 Å². The summed E-state index contributed by atoms with van der Waals surface area (Å²) < 4.78 is 2.29. The smallest absolute Gasteiger partial charge is 0.0986 e. The SMILES string of the molecule is c1ccc(C(c2ccccc2)(C2CC2)n2ccnc2)cc1. The normalized spacial score (nSPS) is 15.0. The summed E-state index contributed by atoms with van der Waals surface area (Å²) in [6.07, 6.45) is 8.46. The lowest BCUT2D eigenvalue weighted by Gasteiger charge is -2.37. The summed E-state index contributed by atoms with van der Waals surface area (Å²) >= 11 is 0. The van der Waals surface area contributed by atoms with Gasteiger partial charge >= 0.3 is 0 Å². The maximum atomic E-state index is 4.31. The van der Waals surface area contributed by atoms with Gasteiger partial charge in [0.15, 0.2) is 0 Å². The van der Waals surface area contributed by atoms with Crippen LogP contribution in [0.4, 0.5) is 0 Å². The molecule has 0 radical (unpaired) electrons. The molecule has 0 N–H and O–H groups in total. The van der Waals surface area contributed by atoms with Gasteiger partial charge in [0.2, 0.25) is 0 Å². The molecule has 3 aromatic rings. The van der Waals surface area contributed by atoms with Crippen LogP contribution in [-0.2, 0) is 5.54 Å². The summed E-state index contributed by atoms with van der Waals surface area (Å²) in [5.74, 6) is 0.636. The lowest BCUT2D eigenvalue weighted by Crippen LogP contribution is -2.37. The predicted octanol–water partition coefficient (Wildman–Crippen LogP) is 4.09. The van der Waals surface area contributed by atoms with Gasteiger partial charge in [-0.05, 0) is 29.9 Å². The van der Waals surface area contributed by atoms with E-state index < -0.39 is 0 Å². The van der Waals surface area contributed by atoms with E-state index in [0.29, 0.717) is 5.92 Å². The summed E-state index contributed by atoms with van der Waals surface area (Å²) in [7, 11) is 0. The molecule has 0 saturated heterocycles. The van der Waals surface area contributed by atoms with Crippen molar-refractivity contribution in [3.63, 3.8) is 0 Å². The van der Waals surface area contributed by atoms with Crippen LogP contribution in [-0.4, -0.2) is 9.55 Å². The molecular formula is C19H18N2. The number of nitrogens with zero attached hydrogens (tertiary/aromatic N) is 2. The highest BCUT2D eigenvalue weighted by atomic mass is 15.1. The molecule has 2 heteroatoms. The second-order valence-electron chi connectivity index (χ2n) is 5.74. The number of rotatable bonds is 4. The third-order valence-corrected chi connectivity index (χ3v) is 4.51. The van der Waals surface area contributed by atoms with Crippen molar-refractivity contribution in [2.45, 2.75) is 18.4 Å². The Morgan fingerprint density at radius 2 is 1.43 bits per heavy atom. The molecule has 1 aliphatic carbocycles. The lowest BCUT2D eigenvalue weighted by atomic mass is 9.78. The molecule has 2 aromatic carbocycles. The van der Waals surface area contributed by atoms with Crippen molar-refractivity contribution in [1.29, 1.82) is 0 Å². The highest BCUT2D eigenvalue weighted by Crippen LogP contribution is 2.52. The molecule has 1 aliphatic rings. The highest BCUT2D eigenvalue weighted by molar-refractivity contribution is 5.42. The highest BCUT2D eigenvalue weighted by Gasteiger charge is 2.48. The number of hydrogen-bond donors (Lipinski definition) is 0. The van der Waals surface area contributed by atoms with Crippen molar-refractivity contribution >= 4 is 0 Å². The first-order valence-electron chi connectivity index (χ1n) is 7.52. The molecule has 1 fully saturated rings. The van der Waals surface area contributed by atoms with Gasteiger partial charge in [0.25, 0.3) is 0 Å². The molecule has 1 aromatic heterocycles. The van der Waals surface area contributed by atoms with Gasteiger partial charge in [0, 0.05) is 12.4 Å². The van der Waals surface area contributed by atoms with E-state index in [-0.39, 0.29) is 5.54 Å². The van der Waals surface area contributed by atoms with E-state index in [1.807, 2.05) is 12.5 Å². The Labute approximate surface area is 125 Å². The Morgan fingerprint density at radius 3 is 1.86 bits per heavy atom. The Balaban J connectivity index is 2.01. The van der Waals surface area contributed by atoms with Gasteiger partial charge in [0.1, 0.15) is 0 Å². The van der Waals surface area contributed by atoms with E-state index in [9.17, 15) is 0 Å². The van der Waals surface area contributed by atoms with E-state index in [2.05, 4.69) is 76.4 Å². The monoisotopic (exact) mass is 274 g/mol. The van der Waals surface area contributed by atoms with Crippen LogP contribution >= 0.6 is 0 Å². The van der Waals surface area contributed by atoms with Crippen LogP contribution in [0.1, 0.15) is 24.0 Å². The van der Waals surface area contributed by atoms with Gasteiger partial charge < -0.3 is 4.57 Å². The number of hydrogen-bond acceptors (Lipinski definition) is 1. The second-order valence-corrected chi connectivity index (χ2v) is 5.74. The molecule has 2 nitrogen and oxygen atoms in total. The molecular weight excluding hydrogens is 256 g/mol. The van der Waals surface area contributed by atoms with Gasteiger partial charge in [0.05, 0.1) is 11.9 Å². The molecule has 0 unspecified atom stereocenters. The second kappa shape index (κ2) is 4.88. The Morgan fingerprint density at radius 1 is 0.857 bits per heavy atom. The van der Waals surface area contributed by atoms with E-state index in [1.165, 1.54) is 24.0 Å². The number of imidazole rings is 1. The van der Waals surface area contributed by atoms with Crippen molar-refractivity contribution in [1.82, 2.24) is 9.55 Å².